The van der Waals surface area contributed by atoms with Crippen molar-refractivity contribution in [2.45, 2.75) is 32.2 Å². The summed E-state index contributed by atoms with van der Waals surface area (Å²) in [7, 11) is 4.30. The van der Waals surface area contributed by atoms with Crippen LogP contribution in [0.4, 0.5) is 0 Å². The molecule has 0 amide bonds. The molecule has 2 N–H and O–H groups in total. The molecule has 0 radical (unpaired) electrons. The minimum atomic E-state index is 0.709. The number of nitrogens with zero attached hydrogens (tertiary/aromatic N) is 3. The van der Waals surface area contributed by atoms with Crippen LogP contribution < -0.4 is 5.73 Å². The first-order valence-corrected chi connectivity index (χ1v) is 5.86. The molecule has 88 valence electrons. The number of hydrogen-bond donors (Lipinski definition) is 1. The number of rotatable bonds is 3. The molecule has 0 saturated carbocycles. The molecule has 0 unspecified atom stereocenters. The van der Waals surface area contributed by atoms with Gasteiger partial charge in [-0.1, -0.05) is 6.92 Å². The molecule has 4 nitrogen and oxygen atoms in total. The Labute approximate surface area is 93.1 Å². The van der Waals surface area contributed by atoms with Gasteiger partial charge in [-0.25, -0.2) is 0 Å². The van der Waals surface area contributed by atoms with Gasteiger partial charge in [0.05, 0.1) is 0 Å². The molecule has 1 fully saturated rings. The first-order chi connectivity index (χ1) is 7.15. The van der Waals surface area contributed by atoms with E-state index in [1.54, 1.807) is 0 Å². The van der Waals surface area contributed by atoms with E-state index in [1.807, 2.05) is 0 Å². The van der Waals surface area contributed by atoms with Gasteiger partial charge in [-0.15, -0.1) is 0 Å². The molecular formula is C11H24N4. The summed E-state index contributed by atoms with van der Waals surface area (Å²) in [6.07, 6.45) is 3.44. The third kappa shape index (κ3) is 3.70. The summed E-state index contributed by atoms with van der Waals surface area (Å²) in [5, 5.41) is 0. The summed E-state index contributed by atoms with van der Waals surface area (Å²) in [5.41, 5.74) is 5.92. The van der Waals surface area contributed by atoms with Crippen molar-refractivity contribution in [2.75, 3.05) is 33.7 Å². The topological polar surface area (TPSA) is 44.9 Å². The fourth-order valence-corrected chi connectivity index (χ4v) is 1.94. The summed E-state index contributed by atoms with van der Waals surface area (Å²) in [5.74, 6) is 0.731. The van der Waals surface area contributed by atoms with Crippen molar-refractivity contribution in [3.8, 4) is 0 Å². The van der Waals surface area contributed by atoms with Crippen molar-refractivity contribution >= 4 is 5.96 Å². The standard InChI is InChI=1S/C11H24N4/c1-4-7-13-11(12)15-8-5-10(6-9-15)14(2)3/h10H,4-9H2,1-3H3,(H2,12,13). The summed E-state index contributed by atoms with van der Waals surface area (Å²) in [4.78, 5) is 8.85. The van der Waals surface area contributed by atoms with Gasteiger partial charge in [0.2, 0.25) is 0 Å². The van der Waals surface area contributed by atoms with Gasteiger partial charge in [0.25, 0.3) is 0 Å². The summed E-state index contributed by atoms with van der Waals surface area (Å²) >= 11 is 0. The molecule has 0 spiro atoms. The van der Waals surface area contributed by atoms with E-state index in [2.05, 4.69) is 35.8 Å². The number of hydrogen-bond acceptors (Lipinski definition) is 2. The minimum Gasteiger partial charge on any atom is -0.370 e. The Morgan fingerprint density at radius 1 is 1.40 bits per heavy atom. The fourth-order valence-electron chi connectivity index (χ4n) is 1.94. The molecule has 1 aliphatic rings. The highest BCUT2D eigenvalue weighted by Crippen LogP contribution is 2.13. The van der Waals surface area contributed by atoms with Gasteiger partial charge in [0.15, 0.2) is 5.96 Å². The van der Waals surface area contributed by atoms with E-state index in [1.165, 1.54) is 12.8 Å². The lowest BCUT2D eigenvalue weighted by Gasteiger charge is -2.35. The number of aliphatic imine (C=N–C) groups is 1. The van der Waals surface area contributed by atoms with Crippen LogP contribution in [-0.2, 0) is 0 Å². The van der Waals surface area contributed by atoms with Gasteiger partial charge in [0.1, 0.15) is 0 Å². The van der Waals surface area contributed by atoms with Crippen molar-refractivity contribution in [3.63, 3.8) is 0 Å². The summed E-state index contributed by atoms with van der Waals surface area (Å²) in [6.45, 7) is 5.05. The van der Waals surface area contributed by atoms with Crippen molar-refractivity contribution in [2.24, 2.45) is 10.7 Å². The van der Waals surface area contributed by atoms with E-state index in [0.29, 0.717) is 6.04 Å². The second-order valence-corrected chi connectivity index (χ2v) is 4.42. The van der Waals surface area contributed by atoms with Crippen molar-refractivity contribution in [1.82, 2.24) is 9.80 Å². The SMILES string of the molecule is CCCN=C(N)N1CCC(N(C)C)CC1. The number of likely N-dealkylation sites (tertiary alicyclic amines) is 1. The van der Waals surface area contributed by atoms with E-state index >= 15 is 0 Å². The second kappa shape index (κ2) is 5.95. The highest BCUT2D eigenvalue weighted by Gasteiger charge is 2.21. The van der Waals surface area contributed by atoms with E-state index in [4.69, 9.17) is 5.73 Å². The maximum atomic E-state index is 5.92. The first kappa shape index (κ1) is 12.3. The van der Waals surface area contributed by atoms with E-state index in [-0.39, 0.29) is 0 Å². The monoisotopic (exact) mass is 212 g/mol. The molecule has 1 heterocycles. The van der Waals surface area contributed by atoms with Gasteiger partial charge >= 0.3 is 0 Å². The Kier molecular flexibility index (Phi) is 4.88. The predicted molar refractivity (Wildman–Crippen MR) is 65.1 cm³/mol. The Hall–Kier alpha value is -0.770. The molecule has 0 atom stereocenters. The Balaban J connectivity index is 2.36. The molecule has 0 aromatic heterocycles. The highest BCUT2D eigenvalue weighted by atomic mass is 15.3. The molecule has 0 aromatic carbocycles. The zero-order valence-corrected chi connectivity index (χ0v) is 10.2. The lowest BCUT2D eigenvalue weighted by molar-refractivity contribution is 0.190. The second-order valence-electron chi connectivity index (χ2n) is 4.42. The van der Waals surface area contributed by atoms with Crippen LogP contribution in [-0.4, -0.2) is 55.5 Å². The van der Waals surface area contributed by atoms with Crippen molar-refractivity contribution < 1.29 is 0 Å². The lowest BCUT2D eigenvalue weighted by Crippen LogP contribution is -2.47. The zero-order valence-electron chi connectivity index (χ0n) is 10.2. The minimum absolute atomic E-state index is 0.709. The fraction of sp³-hybridized carbons (Fsp3) is 0.909. The number of guanidine groups is 1. The normalized spacial score (nSPS) is 20.0. The molecule has 1 aliphatic heterocycles. The van der Waals surface area contributed by atoms with Gasteiger partial charge < -0.3 is 15.5 Å². The highest BCUT2D eigenvalue weighted by molar-refractivity contribution is 5.78. The molecule has 1 rings (SSSR count). The Morgan fingerprint density at radius 3 is 2.47 bits per heavy atom. The molecular weight excluding hydrogens is 188 g/mol. The maximum absolute atomic E-state index is 5.92. The zero-order chi connectivity index (χ0) is 11.3. The van der Waals surface area contributed by atoms with Gasteiger partial charge in [-0.05, 0) is 33.4 Å². The van der Waals surface area contributed by atoms with Gasteiger partial charge in [0, 0.05) is 25.7 Å². The van der Waals surface area contributed by atoms with Gasteiger partial charge in [-0.3, -0.25) is 4.99 Å². The van der Waals surface area contributed by atoms with Crippen LogP contribution in [0.25, 0.3) is 0 Å². The third-order valence-electron chi connectivity index (χ3n) is 3.02. The predicted octanol–water partition coefficient (Wildman–Crippen LogP) is 0.737. The number of nitrogens with two attached hydrogens (primary N) is 1. The summed E-state index contributed by atoms with van der Waals surface area (Å²) < 4.78 is 0. The van der Waals surface area contributed by atoms with Crippen molar-refractivity contribution in [1.29, 1.82) is 0 Å². The van der Waals surface area contributed by atoms with Crippen LogP contribution in [0.15, 0.2) is 4.99 Å². The van der Waals surface area contributed by atoms with Crippen LogP contribution in [0.3, 0.4) is 0 Å². The Morgan fingerprint density at radius 2 is 2.00 bits per heavy atom. The van der Waals surface area contributed by atoms with E-state index in [9.17, 15) is 0 Å². The average Bonchev–Trinajstić information content (AvgIpc) is 2.26. The maximum Gasteiger partial charge on any atom is 0.191 e. The molecule has 15 heavy (non-hydrogen) atoms. The molecule has 1 saturated heterocycles. The molecule has 0 aromatic rings. The van der Waals surface area contributed by atoms with Crippen molar-refractivity contribution in [3.05, 3.63) is 0 Å². The lowest BCUT2D eigenvalue weighted by atomic mass is 10.0. The Bertz CT molecular complexity index is 205. The smallest absolute Gasteiger partial charge is 0.191 e. The van der Waals surface area contributed by atoms with Crippen LogP contribution in [0.2, 0.25) is 0 Å². The van der Waals surface area contributed by atoms with Crippen LogP contribution in [0.5, 0.6) is 0 Å². The largest absolute Gasteiger partial charge is 0.370 e. The first-order valence-electron chi connectivity index (χ1n) is 5.86. The number of piperidine rings is 1. The molecule has 0 aliphatic carbocycles. The van der Waals surface area contributed by atoms with Crippen LogP contribution in [0.1, 0.15) is 26.2 Å². The average molecular weight is 212 g/mol. The molecule has 0 bridgehead atoms. The van der Waals surface area contributed by atoms with Crippen LogP contribution in [0, 0.1) is 0 Å². The third-order valence-corrected chi connectivity index (χ3v) is 3.02. The van der Waals surface area contributed by atoms with Crippen LogP contribution >= 0.6 is 0 Å². The van der Waals surface area contributed by atoms with E-state index < -0.39 is 0 Å². The van der Waals surface area contributed by atoms with Gasteiger partial charge in [-0.2, -0.15) is 0 Å². The van der Waals surface area contributed by atoms with E-state index in [0.717, 1.165) is 32.0 Å². The quantitative estimate of drug-likeness (QED) is 0.554. The summed E-state index contributed by atoms with van der Waals surface area (Å²) in [6, 6.07) is 0.709. The molecule has 4 heteroatoms.